The number of hydrogen-bond donors (Lipinski definition) is 1. The van der Waals surface area contributed by atoms with Gasteiger partial charge in [-0.1, -0.05) is 18.2 Å². The molecule has 4 heteroatoms. The monoisotopic (exact) mass is 250 g/mol. The normalized spacial score (nSPS) is 10.2. The van der Waals surface area contributed by atoms with Crippen molar-refractivity contribution in [2.45, 2.75) is 6.42 Å². The quantitative estimate of drug-likeness (QED) is 0.739. The number of nitrogens with one attached hydrogen (secondary N) is 1. The van der Waals surface area contributed by atoms with Crippen LogP contribution in [0.1, 0.15) is 10.6 Å². The largest absolute Gasteiger partial charge is 0.348 e. The average molecular weight is 251 g/mol. The van der Waals surface area contributed by atoms with E-state index in [1.54, 1.807) is 6.33 Å². The molecule has 3 aromatic rings. The molecule has 0 saturated heterocycles. The molecule has 2 nitrogen and oxygen atoms in total. The van der Waals surface area contributed by atoms with Gasteiger partial charge in [-0.2, -0.15) is 0 Å². The zero-order chi connectivity index (χ0) is 10.1. The smallest absolute Gasteiger partial charge is 0.0921 e. The van der Waals surface area contributed by atoms with Crippen LogP contribution in [0.5, 0.6) is 0 Å². The van der Waals surface area contributed by atoms with Gasteiger partial charge < -0.3 is 4.98 Å². The van der Waals surface area contributed by atoms with Gasteiger partial charge in [0.1, 0.15) is 0 Å². The van der Waals surface area contributed by atoms with Gasteiger partial charge in [-0.3, -0.25) is 0 Å². The van der Waals surface area contributed by atoms with Gasteiger partial charge >= 0.3 is 0 Å². The first-order valence-corrected chi connectivity index (χ1v) is 5.68. The van der Waals surface area contributed by atoms with Crippen LogP contribution >= 0.6 is 23.7 Å². The number of halogens is 1. The van der Waals surface area contributed by atoms with Gasteiger partial charge in [0.2, 0.25) is 0 Å². The minimum Gasteiger partial charge on any atom is -0.348 e. The van der Waals surface area contributed by atoms with Crippen molar-refractivity contribution in [3.05, 3.63) is 53.4 Å². The Morgan fingerprint density at radius 3 is 2.88 bits per heavy atom. The fourth-order valence-electron chi connectivity index (χ4n) is 1.69. The second-order valence-corrected chi connectivity index (χ2v) is 4.67. The van der Waals surface area contributed by atoms with E-state index >= 15 is 0 Å². The van der Waals surface area contributed by atoms with Crippen LogP contribution in [0.3, 0.4) is 0 Å². The van der Waals surface area contributed by atoms with Crippen LogP contribution in [-0.4, -0.2) is 9.97 Å². The van der Waals surface area contributed by atoms with Gasteiger partial charge in [-0.25, -0.2) is 4.98 Å². The summed E-state index contributed by atoms with van der Waals surface area (Å²) in [6.07, 6.45) is 4.55. The third-order valence-electron chi connectivity index (χ3n) is 2.40. The van der Waals surface area contributed by atoms with Crippen molar-refractivity contribution in [2.24, 2.45) is 0 Å². The molecule has 0 amide bonds. The number of hydrogen-bond acceptors (Lipinski definition) is 2. The summed E-state index contributed by atoms with van der Waals surface area (Å²) >= 11 is 1.85. The molecule has 1 aromatic carbocycles. The highest BCUT2D eigenvalue weighted by atomic mass is 35.5. The maximum Gasteiger partial charge on any atom is 0.0921 e. The number of rotatable bonds is 2. The topological polar surface area (TPSA) is 28.7 Å². The summed E-state index contributed by atoms with van der Waals surface area (Å²) in [6.45, 7) is 0. The Kier molecular flexibility index (Phi) is 3.27. The standard InChI is InChI=1S/C12H10N2S.ClH/c1-2-4-12-9(3-1)5-11(15-12)6-10-7-13-8-14-10;/h1-5,7-8H,6H2,(H,13,14);1H. The molecule has 0 atom stereocenters. The Balaban J connectivity index is 0.000000963. The molecule has 0 aliphatic heterocycles. The average Bonchev–Trinajstić information content (AvgIpc) is 2.86. The molecular formula is C12H11ClN2S. The Bertz CT molecular complexity index is 539. The molecule has 0 bridgehead atoms. The number of imidazole rings is 1. The molecule has 82 valence electrons. The fraction of sp³-hybridized carbons (Fsp3) is 0.0833. The van der Waals surface area contributed by atoms with Crippen LogP contribution < -0.4 is 0 Å². The van der Waals surface area contributed by atoms with Gasteiger partial charge in [-0.15, -0.1) is 23.7 Å². The minimum absolute atomic E-state index is 0. The third-order valence-corrected chi connectivity index (χ3v) is 3.51. The number of thiophene rings is 1. The van der Waals surface area contributed by atoms with E-state index in [0.717, 1.165) is 6.42 Å². The summed E-state index contributed by atoms with van der Waals surface area (Å²) in [5.74, 6) is 0. The van der Waals surface area contributed by atoms with E-state index in [1.165, 1.54) is 20.7 Å². The summed E-state index contributed by atoms with van der Waals surface area (Å²) in [4.78, 5) is 8.52. The van der Waals surface area contributed by atoms with Gasteiger partial charge in [-0.05, 0) is 17.5 Å². The van der Waals surface area contributed by atoms with Gasteiger partial charge in [0.25, 0.3) is 0 Å². The van der Waals surface area contributed by atoms with E-state index in [2.05, 4.69) is 40.3 Å². The lowest BCUT2D eigenvalue weighted by Crippen LogP contribution is -1.82. The molecule has 2 aromatic heterocycles. The highest BCUT2D eigenvalue weighted by Crippen LogP contribution is 2.26. The molecule has 1 N–H and O–H groups in total. The number of benzene rings is 1. The molecule has 0 unspecified atom stereocenters. The van der Waals surface area contributed by atoms with Crippen molar-refractivity contribution >= 4 is 33.8 Å². The highest BCUT2D eigenvalue weighted by Gasteiger charge is 2.02. The van der Waals surface area contributed by atoms with Crippen molar-refractivity contribution in [1.82, 2.24) is 9.97 Å². The van der Waals surface area contributed by atoms with Crippen molar-refractivity contribution in [1.29, 1.82) is 0 Å². The first kappa shape index (κ1) is 11.2. The molecular weight excluding hydrogens is 240 g/mol. The lowest BCUT2D eigenvalue weighted by atomic mass is 10.2. The van der Waals surface area contributed by atoms with Crippen molar-refractivity contribution in [2.75, 3.05) is 0 Å². The number of fused-ring (bicyclic) bond motifs is 1. The van der Waals surface area contributed by atoms with Gasteiger partial charge in [0, 0.05) is 27.9 Å². The molecule has 0 spiro atoms. The fourth-order valence-corrected chi connectivity index (χ4v) is 2.78. The molecule has 16 heavy (non-hydrogen) atoms. The number of nitrogens with zero attached hydrogens (tertiary/aromatic N) is 1. The van der Waals surface area contributed by atoms with E-state index in [4.69, 9.17) is 0 Å². The summed E-state index contributed by atoms with van der Waals surface area (Å²) in [7, 11) is 0. The second kappa shape index (κ2) is 4.68. The first-order chi connectivity index (χ1) is 7.42. The van der Waals surface area contributed by atoms with Crippen LogP contribution in [0, 0.1) is 0 Å². The minimum atomic E-state index is 0. The van der Waals surface area contributed by atoms with Crippen molar-refractivity contribution in [3.8, 4) is 0 Å². The molecule has 3 rings (SSSR count). The molecule has 0 aliphatic carbocycles. The first-order valence-electron chi connectivity index (χ1n) is 4.86. The highest BCUT2D eigenvalue weighted by molar-refractivity contribution is 7.19. The van der Waals surface area contributed by atoms with E-state index in [9.17, 15) is 0 Å². The number of aromatic amines is 1. The summed E-state index contributed by atoms with van der Waals surface area (Å²) < 4.78 is 1.35. The summed E-state index contributed by atoms with van der Waals surface area (Å²) in [5.41, 5.74) is 1.17. The van der Waals surface area contributed by atoms with Crippen molar-refractivity contribution in [3.63, 3.8) is 0 Å². The molecule has 2 heterocycles. The predicted octanol–water partition coefficient (Wildman–Crippen LogP) is 3.64. The number of aromatic nitrogens is 2. The number of H-pyrrole nitrogens is 1. The molecule has 0 saturated carbocycles. The lowest BCUT2D eigenvalue weighted by molar-refractivity contribution is 1.14. The van der Waals surface area contributed by atoms with Crippen LogP contribution in [-0.2, 0) is 6.42 Å². The van der Waals surface area contributed by atoms with E-state index in [0.29, 0.717) is 0 Å². The van der Waals surface area contributed by atoms with Crippen LogP contribution in [0.15, 0.2) is 42.9 Å². The Labute approximate surface area is 104 Å². The summed E-state index contributed by atoms with van der Waals surface area (Å²) in [6, 6.07) is 10.7. The van der Waals surface area contributed by atoms with E-state index in [-0.39, 0.29) is 12.4 Å². The maximum absolute atomic E-state index is 4.02. The Morgan fingerprint density at radius 2 is 2.12 bits per heavy atom. The lowest BCUT2D eigenvalue weighted by Gasteiger charge is -1.90. The van der Waals surface area contributed by atoms with Crippen LogP contribution in [0.25, 0.3) is 10.1 Å². The van der Waals surface area contributed by atoms with Crippen LogP contribution in [0.2, 0.25) is 0 Å². The van der Waals surface area contributed by atoms with E-state index < -0.39 is 0 Å². The zero-order valence-electron chi connectivity index (χ0n) is 8.51. The molecule has 0 fully saturated rings. The van der Waals surface area contributed by atoms with E-state index in [1.807, 2.05) is 17.5 Å². The molecule has 0 aliphatic rings. The maximum atomic E-state index is 4.02. The summed E-state index contributed by atoms with van der Waals surface area (Å²) in [5, 5.41) is 1.33. The SMILES string of the molecule is Cl.c1ccc2sc(Cc3cnc[nH]3)cc2c1. The van der Waals surface area contributed by atoms with Crippen LogP contribution in [0.4, 0.5) is 0 Å². The third kappa shape index (κ3) is 2.10. The molecule has 0 radical (unpaired) electrons. The van der Waals surface area contributed by atoms with Gasteiger partial charge in [0.15, 0.2) is 0 Å². The predicted molar refractivity (Wildman–Crippen MR) is 70.5 cm³/mol. The second-order valence-electron chi connectivity index (χ2n) is 3.50. The van der Waals surface area contributed by atoms with Gasteiger partial charge in [0.05, 0.1) is 6.33 Å². The Hall–Kier alpha value is -1.32. The zero-order valence-corrected chi connectivity index (χ0v) is 10.1. The Morgan fingerprint density at radius 1 is 1.25 bits per heavy atom. The van der Waals surface area contributed by atoms with Crippen molar-refractivity contribution < 1.29 is 0 Å².